The second kappa shape index (κ2) is 3.05. The van der Waals surface area contributed by atoms with Crippen LogP contribution in [0.5, 0.6) is 0 Å². The SMILES string of the molecule is C=CN1C=CC=CC1C(=O)O. The summed E-state index contributed by atoms with van der Waals surface area (Å²) in [6.45, 7) is 3.49. The van der Waals surface area contributed by atoms with Gasteiger partial charge < -0.3 is 10.0 Å². The summed E-state index contributed by atoms with van der Waals surface area (Å²) < 4.78 is 0. The first-order valence-corrected chi connectivity index (χ1v) is 3.23. The molecule has 0 bridgehead atoms. The van der Waals surface area contributed by atoms with Gasteiger partial charge in [-0.1, -0.05) is 18.7 Å². The van der Waals surface area contributed by atoms with Gasteiger partial charge in [0.25, 0.3) is 0 Å². The van der Waals surface area contributed by atoms with Crippen LogP contribution in [0.1, 0.15) is 0 Å². The van der Waals surface area contributed by atoms with Gasteiger partial charge in [0, 0.05) is 6.20 Å². The second-order valence-corrected chi connectivity index (χ2v) is 2.14. The summed E-state index contributed by atoms with van der Waals surface area (Å²) in [6, 6.07) is -0.600. The van der Waals surface area contributed by atoms with Crippen molar-refractivity contribution in [2.45, 2.75) is 6.04 Å². The molecule has 0 saturated heterocycles. The van der Waals surface area contributed by atoms with Crippen molar-refractivity contribution in [3.63, 3.8) is 0 Å². The lowest BCUT2D eigenvalue weighted by atomic mass is 10.2. The Balaban J connectivity index is 2.78. The molecule has 0 saturated carbocycles. The van der Waals surface area contributed by atoms with Crippen LogP contribution in [0.2, 0.25) is 0 Å². The number of nitrogens with zero attached hydrogens (tertiary/aromatic N) is 1. The van der Waals surface area contributed by atoms with Crippen molar-refractivity contribution in [2.24, 2.45) is 0 Å². The molecule has 1 aliphatic rings. The van der Waals surface area contributed by atoms with E-state index < -0.39 is 12.0 Å². The second-order valence-electron chi connectivity index (χ2n) is 2.14. The quantitative estimate of drug-likeness (QED) is 0.639. The number of hydrogen-bond acceptors (Lipinski definition) is 2. The Kier molecular flexibility index (Phi) is 2.11. The normalized spacial score (nSPS) is 21.8. The summed E-state index contributed by atoms with van der Waals surface area (Å²) in [5, 5.41) is 8.67. The Labute approximate surface area is 64.9 Å². The van der Waals surface area contributed by atoms with Crippen molar-refractivity contribution in [3.8, 4) is 0 Å². The van der Waals surface area contributed by atoms with E-state index in [9.17, 15) is 4.79 Å². The molecule has 0 spiro atoms. The van der Waals surface area contributed by atoms with Crippen molar-refractivity contribution in [2.75, 3.05) is 0 Å². The molecule has 3 nitrogen and oxygen atoms in total. The molecule has 0 aromatic carbocycles. The average molecular weight is 151 g/mol. The van der Waals surface area contributed by atoms with Crippen LogP contribution in [-0.2, 0) is 4.79 Å². The first-order valence-electron chi connectivity index (χ1n) is 3.23. The number of hydrogen-bond donors (Lipinski definition) is 1. The van der Waals surface area contributed by atoms with Gasteiger partial charge in [0.05, 0.1) is 0 Å². The van der Waals surface area contributed by atoms with Gasteiger partial charge in [-0.15, -0.1) is 0 Å². The summed E-state index contributed by atoms with van der Waals surface area (Å²) in [4.78, 5) is 12.1. The van der Waals surface area contributed by atoms with Gasteiger partial charge in [-0.2, -0.15) is 0 Å². The molecule has 58 valence electrons. The molecule has 0 radical (unpaired) electrons. The Morgan fingerprint density at radius 2 is 2.36 bits per heavy atom. The third-order valence-electron chi connectivity index (χ3n) is 1.45. The van der Waals surface area contributed by atoms with E-state index in [1.54, 1.807) is 24.4 Å². The maximum Gasteiger partial charge on any atom is 0.330 e. The van der Waals surface area contributed by atoms with Gasteiger partial charge in [-0.05, 0) is 12.3 Å². The molecular weight excluding hydrogens is 142 g/mol. The largest absolute Gasteiger partial charge is 0.479 e. The number of carbonyl (C=O) groups is 1. The minimum absolute atomic E-state index is 0.600. The topological polar surface area (TPSA) is 40.5 Å². The van der Waals surface area contributed by atoms with E-state index in [4.69, 9.17) is 5.11 Å². The van der Waals surface area contributed by atoms with Crippen molar-refractivity contribution in [3.05, 3.63) is 37.2 Å². The fourth-order valence-corrected chi connectivity index (χ4v) is 0.895. The first-order chi connectivity index (χ1) is 5.25. The Hall–Kier alpha value is -1.51. The van der Waals surface area contributed by atoms with Crippen molar-refractivity contribution in [1.82, 2.24) is 4.90 Å². The lowest BCUT2D eigenvalue weighted by Crippen LogP contribution is -2.33. The molecule has 3 heteroatoms. The third-order valence-corrected chi connectivity index (χ3v) is 1.45. The van der Waals surface area contributed by atoms with Crippen LogP contribution in [0.4, 0.5) is 0 Å². The van der Waals surface area contributed by atoms with E-state index in [0.717, 1.165) is 0 Å². The minimum Gasteiger partial charge on any atom is -0.479 e. The Morgan fingerprint density at radius 3 is 2.82 bits per heavy atom. The summed E-state index contributed by atoms with van der Waals surface area (Å²) in [5.41, 5.74) is 0. The van der Waals surface area contributed by atoms with E-state index in [1.165, 1.54) is 11.1 Å². The zero-order valence-electron chi connectivity index (χ0n) is 5.97. The van der Waals surface area contributed by atoms with Crippen LogP contribution in [0, 0.1) is 0 Å². The number of rotatable bonds is 2. The maximum atomic E-state index is 10.5. The molecule has 1 rings (SSSR count). The Bertz CT molecular complexity index is 230. The van der Waals surface area contributed by atoms with Crippen LogP contribution in [0.15, 0.2) is 37.2 Å². The van der Waals surface area contributed by atoms with Crippen LogP contribution in [-0.4, -0.2) is 22.0 Å². The number of allylic oxidation sites excluding steroid dienone is 2. The fraction of sp³-hybridized carbons (Fsp3) is 0.125. The molecule has 0 fully saturated rings. The highest BCUT2D eigenvalue weighted by atomic mass is 16.4. The molecule has 1 atom stereocenters. The predicted octanol–water partition coefficient (Wildman–Crippen LogP) is 0.969. The third kappa shape index (κ3) is 1.49. The van der Waals surface area contributed by atoms with Gasteiger partial charge >= 0.3 is 5.97 Å². The molecule has 0 aromatic heterocycles. The first kappa shape index (κ1) is 7.60. The standard InChI is InChI=1S/C8H9NO2/c1-2-9-6-4-3-5-7(9)8(10)11/h2-7H,1H2,(H,10,11). The van der Waals surface area contributed by atoms with E-state index in [1.807, 2.05) is 0 Å². The zero-order chi connectivity index (χ0) is 8.27. The molecule has 1 N–H and O–H groups in total. The fourth-order valence-electron chi connectivity index (χ4n) is 0.895. The lowest BCUT2D eigenvalue weighted by Gasteiger charge is -2.22. The van der Waals surface area contributed by atoms with E-state index in [2.05, 4.69) is 6.58 Å². The van der Waals surface area contributed by atoms with Crippen LogP contribution < -0.4 is 0 Å². The lowest BCUT2D eigenvalue weighted by molar-refractivity contribution is -0.139. The molecule has 1 unspecified atom stereocenters. The molecule has 0 aliphatic carbocycles. The van der Waals surface area contributed by atoms with E-state index in [-0.39, 0.29) is 0 Å². The summed E-state index contributed by atoms with van der Waals surface area (Å²) in [5.74, 6) is -0.870. The summed E-state index contributed by atoms with van der Waals surface area (Å²) >= 11 is 0. The number of aliphatic carboxylic acids is 1. The van der Waals surface area contributed by atoms with Gasteiger partial charge in [-0.3, -0.25) is 0 Å². The predicted molar refractivity (Wildman–Crippen MR) is 41.7 cm³/mol. The van der Waals surface area contributed by atoms with E-state index in [0.29, 0.717) is 0 Å². The highest BCUT2D eigenvalue weighted by Crippen LogP contribution is 2.07. The molecule has 0 amide bonds. The van der Waals surface area contributed by atoms with Crippen molar-refractivity contribution >= 4 is 5.97 Å². The Morgan fingerprint density at radius 1 is 1.64 bits per heavy atom. The molecule has 0 aromatic rings. The van der Waals surface area contributed by atoms with Crippen LogP contribution in [0.25, 0.3) is 0 Å². The zero-order valence-corrected chi connectivity index (χ0v) is 5.97. The highest BCUT2D eigenvalue weighted by Gasteiger charge is 2.18. The molecular formula is C8H9NO2. The van der Waals surface area contributed by atoms with Gasteiger partial charge in [0.15, 0.2) is 0 Å². The van der Waals surface area contributed by atoms with Gasteiger partial charge in [0.2, 0.25) is 0 Å². The summed E-state index contributed by atoms with van der Waals surface area (Å²) in [6.07, 6.45) is 8.23. The number of carboxylic acids is 1. The highest BCUT2D eigenvalue weighted by molar-refractivity contribution is 5.76. The molecule has 11 heavy (non-hydrogen) atoms. The van der Waals surface area contributed by atoms with Crippen LogP contribution >= 0.6 is 0 Å². The average Bonchev–Trinajstić information content (AvgIpc) is 2.04. The number of carboxylic acid groups (broad SMARTS) is 1. The smallest absolute Gasteiger partial charge is 0.330 e. The molecule has 1 aliphatic heterocycles. The van der Waals surface area contributed by atoms with Crippen molar-refractivity contribution < 1.29 is 9.90 Å². The van der Waals surface area contributed by atoms with Gasteiger partial charge in [-0.25, -0.2) is 4.79 Å². The molecule has 1 heterocycles. The summed E-state index contributed by atoms with van der Waals surface area (Å²) in [7, 11) is 0. The maximum absolute atomic E-state index is 10.5. The van der Waals surface area contributed by atoms with Crippen LogP contribution in [0.3, 0.4) is 0 Å². The van der Waals surface area contributed by atoms with Crippen molar-refractivity contribution in [1.29, 1.82) is 0 Å². The monoisotopic (exact) mass is 151 g/mol. The minimum atomic E-state index is -0.870. The van der Waals surface area contributed by atoms with Gasteiger partial charge in [0.1, 0.15) is 6.04 Å². The van der Waals surface area contributed by atoms with E-state index >= 15 is 0 Å².